The fourth-order valence-corrected chi connectivity index (χ4v) is 3.62. The third-order valence-corrected chi connectivity index (χ3v) is 4.92. The van der Waals surface area contributed by atoms with Crippen LogP contribution in [0.2, 0.25) is 0 Å². The largest absolute Gasteiger partial charge is 0.326 e. The number of rotatable bonds is 5. The molecular formula is C13H21N3S. The average molecular weight is 251 g/mol. The fourth-order valence-electron chi connectivity index (χ4n) is 2.60. The van der Waals surface area contributed by atoms with E-state index in [1.54, 1.807) is 0 Å². The standard InChI is InChI=1S/C13H21N3S/c14-9-11-13(10-3-4-10)15-12(17-11)5-8-16-6-1-2-7-16/h10H,1-9,14H2. The molecule has 0 radical (unpaired) electrons. The van der Waals surface area contributed by atoms with Crippen molar-refractivity contribution in [3.05, 3.63) is 15.6 Å². The predicted molar refractivity (Wildman–Crippen MR) is 71.4 cm³/mol. The third-order valence-electron chi connectivity index (χ3n) is 3.76. The Bertz CT molecular complexity index is 378. The van der Waals surface area contributed by atoms with Gasteiger partial charge < -0.3 is 10.6 Å². The summed E-state index contributed by atoms with van der Waals surface area (Å²) in [6.07, 6.45) is 6.51. The van der Waals surface area contributed by atoms with Gasteiger partial charge in [0.25, 0.3) is 0 Å². The maximum Gasteiger partial charge on any atom is 0.0944 e. The molecule has 1 aliphatic heterocycles. The molecule has 0 aromatic carbocycles. The van der Waals surface area contributed by atoms with E-state index in [-0.39, 0.29) is 0 Å². The van der Waals surface area contributed by atoms with Crippen LogP contribution in [0.3, 0.4) is 0 Å². The molecule has 2 aliphatic rings. The molecule has 0 amide bonds. The second-order valence-electron chi connectivity index (χ2n) is 5.19. The average Bonchev–Trinajstić information content (AvgIpc) is 2.92. The van der Waals surface area contributed by atoms with E-state index >= 15 is 0 Å². The molecule has 4 heteroatoms. The van der Waals surface area contributed by atoms with Gasteiger partial charge in [0.15, 0.2) is 0 Å². The number of likely N-dealkylation sites (tertiary alicyclic amines) is 1. The van der Waals surface area contributed by atoms with Gasteiger partial charge >= 0.3 is 0 Å². The highest BCUT2D eigenvalue weighted by atomic mass is 32.1. The molecule has 0 bridgehead atoms. The maximum atomic E-state index is 5.81. The lowest BCUT2D eigenvalue weighted by atomic mass is 10.2. The lowest BCUT2D eigenvalue weighted by molar-refractivity contribution is 0.343. The molecule has 94 valence electrons. The Hall–Kier alpha value is -0.450. The van der Waals surface area contributed by atoms with Crippen LogP contribution in [-0.2, 0) is 13.0 Å². The Balaban J connectivity index is 1.61. The first-order chi connectivity index (χ1) is 8.36. The summed E-state index contributed by atoms with van der Waals surface area (Å²) in [5, 5.41) is 1.30. The zero-order valence-electron chi connectivity index (χ0n) is 10.3. The van der Waals surface area contributed by atoms with Crippen LogP contribution in [-0.4, -0.2) is 29.5 Å². The van der Waals surface area contributed by atoms with E-state index in [0.717, 1.165) is 12.3 Å². The van der Waals surface area contributed by atoms with Gasteiger partial charge in [-0.1, -0.05) is 0 Å². The number of nitrogens with zero attached hydrogens (tertiary/aromatic N) is 2. The van der Waals surface area contributed by atoms with Crippen LogP contribution >= 0.6 is 11.3 Å². The molecule has 3 rings (SSSR count). The normalized spacial score (nSPS) is 21.2. The molecule has 1 aromatic rings. The quantitative estimate of drug-likeness (QED) is 0.871. The Morgan fingerprint density at radius 2 is 2.06 bits per heavy atom. The highest BCUT2D eigenvalue weighted by molar-refractivity contribution is 7.11. The smallest absolute Gasteiger partial charge is 0.0944 e. The first-order valence-electron chi connectivity index (χ1n) is 6.77. The molecular weight excluding hydrogens is 230 g/mol. The Morgan fingerprint density at radius 3 is 2.71 bits per heavy atom. The minimum absolute atomic E-state index is 0.674. The summed E-state index contributed by atoms with van der Waals surface area (Å²) in [5.41, 5.74) is 7.14. The van der Waals surface area contributed by atoms with Crippen LogP contribution in [0.1, 0.15) is 47.2 Å². The van der Waals surface area contributed by atoms with E-state index in [1.165, 1.54) is 60.9 Å². The summed E-state index contributed by atoms with van der Waals surface area (Å²) >= 11 is 1.85. The molecule has 1 aliphatic carbocycles. The fraction of sp³-hybridized carbons (Fsp3) is 0.769. The number of hydrogen-bond donors (Lipinski definition) is 1. The van der Waals surface area contributed by atoms with Crippen LogP contribution in [0.4, 0.5) is 0 Å². The van der Waals surface area contributed by atoms with E-state index in [0.29, 0.717) is 6.54 Å². The van der Waals surface area contributed by atoms with Crippen molar-refractivity contribution in [1.82, 2.24) is 9.88 Å². The monoisotopic (exact) mass is 251 g/mol. The molecule has 0 atom stereocenters. The van der Waals surface area contributed by atoms with Crippen molar-refractivity contribution in [2.24, 2.45) is 5.73 Å². The van der Waals surface area contributed by atoms with Crippen molar-refractivity contribution in [3.63, 3.8) is 0 Å². The van der Waals surface area contributed by atoms with Crippen LogP contribution < -0.4 is 5.73 Å². The van der Waals surface area contributed by atoms with E-state index in [1.807, 2.05) is 11.3 Å². The van der Waals surface area contributed by atoms with Crippen molar-refractivity contribution in [1.29, 1.82) is 0 Å². The highest BCUT2D eigenvalue weighted by Gasteiger charge is 2.29. The second kappa shape index (κ2) is 5.04. The third kappa shape index (κ3) is 2.69. The highest BCUT2D eigenvalue weighted by Crippen LogP contribution is 2.42. The SMILES string of the molecule is NCc1sc(CCN2CCCC2)nc1C1CC1. The lowest BCUT2D eigenvalue weighted by Gasteiger charge is -2.12. The van der Waals surface area contributed by atoms with Gasteiger partial charge in [-0.05, 0) is 38.8 Å². The molecule has 1 aromatic heterocycles. The molecule has 17 heavy (non-hydrogen) atoms. The predicted octanol–water partition coefficient (Wildman–Crippen LogP) is 2.12. The molecule has 1 saturated heterocycles. The summed E-state index contributed by atoms with van der Waals surface area (Å²) in [7, 11) is 0. The second-order valence-corrected chi connectivity index (χ2v) is 6.36. The Morgan fingerprint density at radius 1 is 1.29 bits per heavy atom. The molecule has 0 unspecified atom stereocenters. The van der Waals surface area contributed by atoms with Crippen LogP contribution in [0.15, 0.2) is 0 Å². The minimum atomic E-state index is 0.674. The molecule has 2 N–H and O–H groups in total. The van der Waals surface area contributed by atoms with Gasteiger partial charge in [-0.2, -0.15) is 0 Å². The molecule has 2 fully saturated rings. The first-order valence-corrected chi connectivity index (χ1v) is 7.59. The summed E-state index contributed by atoms with van der Waals surface area (Å²) in [6.45, 7) is 4.42. The number of aromatic nitrogens is 1. The van der Waals surface area contributed by atoms with Gasteiger partial charge in [0, 0.05) is 30.3 Å². The molecule has 2 heterocycles. The van der Waals surface area contributed by atoms with Gasteiger partial charge in [-0.3, -0.25) is 0 Å². The summed E-state index contributed by atoms with van der Waals surface area (Å²) < 4.78 is 0. The zero-order chi connectivity index (χ0) is 11.7. The summed E-state index contributed by atoms with van der Waals surface area (Å²) in [4.78, 5) is 8.71. The molecule has 1 saturated carbocycles. The van der Waals surface area contributed by atoms with E-state index in [9.17, 15) is 0 Å². The van der Waals surface area contributed by atoms with Crippen molar-refractivity contribution >= 4 is 11.3 Å². The Labute approximate surface area is 107 Å². The van der Waals surface area contributed by atoms with Crippen molar-refractivity contribution in [3.8, 4) is 0 Å². The van der Waals surface area contributed by atoms with Gasteiger partial charge in [0.05, 0.1) is 10.7 Å². The number of hydrogen-bond acceptors (Lipinski definition) is 4. The summed E-state index contributed by atoms with van der Waals surface area (Å²) in [6, 6.07) is 0. The molecule has 3 nitrogen and oxygen atoms in total. The summed E-state index contributed by atoms with van der Waals surface area (Å²) in [5.74, 6) is 0.741. The molecule has 0 spiro atoms. The van der Waals surface area contributed by atoms with Crippen molar-refractivity contribution in [2.75, 3.05) is 19.6 Å². The minimum Gasteiger partial charge on any atom is -0.326 e. The Kier molecular flexibility index (Phi) is 3.45. The van der Waals surface area contributed by atoms with Crippen molar-refractivity contribution in [2.45, 2.75) is 44.6 Å². The van der Waals surface area contributed by atoms with Gasteiger partial charge in [0.1, 0.15) is 0 Å². The van der Waals surface area contributed by atoms with E-state index in [2.05, 4.69) is 4.90 Å². The van der Waals surface area contributed by atoms with Gasteiger partial charge in [0.2, 0.25) is 0 Å². The van der Waals surface area contributed by atoms with Gasteiger partial charge in [-0.25, -0.2) is 4.98 Å². The van der Waals surface area contributed by atoms with E-state index in [4.69, 9.17) is 10.7 Å². The first kappa shape index (κ1) is 11.6. The zero-order valence-corrected chi connectivity index (χ0v) is 11.1. The van der Waals surface area contributed by atoms with E-state index < -0.39 is 0 Å². The number of thiazole rings is 1. The van der Waals surface area contributed by atoms with Gasteiger partial charge in [-0.15, -0.1) is 11.3 Å². The number of nitrogens with two attached hydrogens (primary N) is 1. The van der Waals surface area contributed by atoms with Crippen molar-refractivity contribution < 1.29 is 0 Å². The van der Waals surface area contributed by atoms with Crippen LogP contribution in [0.5, 0.6) is 0 Å². The van der Waals surface area contributed by atoms with Crippen LogP contribution in [0.25, 0.3) is 0 Å². The van der Waals surface area contributed by atoms with Crippen LogP contribution in [0, 0.1) is 0 Å². The topological polar surface area (TPSA) is 42.1 Å². The lowest BCUT2D eigenvalue weighted by Crippen LogP contribution is -2.21. The maximum absolute atomic E-state index is 5.81.